The number of carboxylic acid groups (broad SMARTS) is 1. The fourth-order valence-corrected chi connectivity index (χ4v) is 6.19. The highest BCUT2D eigenvalue weighted by Crippen LogP contribution is 2.24. The van der Waals surface area contributed by atoms with E-state index in [1.165, 1.54) is 30.6 Å². The van der Waals surface area contributed by atoms with Crippen molar-refractivity contribution in [3.63, 3.8) is 0 Å². The standard InChI is InChI=1S/C37H30FN5O4S/c1-47-34(33(44)20-36-40-15-16-48-36)22-43-32-19-27(37(45)46)12-14-31(32)42-35(43)18-23-5-9-26(10-6-23)30-4-2-3-28(41-30)13-11-25-8-7-24(21-39)17-29(25)38/h2-10,12,14-17,19,34H,11,13,18,20,22H2,1H3,(H,45,46)/t34-/m1/s1. The second kappa shape index (κ2) is 14.5. The molecule has 0 bridgehead atoms. The quantitative estimate of drug-likeness (QED) is 0.149. The van der Waals surface area contributed by atoms with E-state index in [1.54, 1.807) is 30.5 Å². The summed E-state index contributed by atoms with van der Waals surface area (Å²) >= 11 is 1.40. The van der Waals surface area contributed by atoms with E-state index >= 15 is 0 Å². The van der Waals surface area contributed by atoms with Crippen LogP contribution in [0.15, 0.2) is 90.4 Å². The van der Waals surface area contributed by atoms with Crippen LogP contribution in [0, 0.1) is 17.1 Å². The molecule has 240 valence electrons. The molecule has 3 heterocycles. The number of thiazole rings is 1. The number of pyridine rings is 1. The van der Waals surface area contributed by atoms with Crippen LogP contribution in [0.4, 0.5) is 4.39 Å². The number of fused-ring (bicyclic) bond motifs is 1. The first-order chi connectivity index (χ1) is 23.3. The zero-order valence-electron chi connectivity index (χ0n) is 26.0. The number of rotatable bonds is 13. The second-order valence-corrected chi connectivity index (χ2v) is 12.2. The predicted octanol–water partition coefficient (Wildman–Crippen LogP) is 6.47. The molecule has 6 rings (SSSR count). The van der Waals surface area contributed by atoms with Crippen LogP contribution in [0.5, 0.6) is 0 Å². The minimum absolute atomic E-state index is 0.124. The maximum absolute atomic E-state index is 14.4. The second-order valence-electron chi connectivity index (χ2n) is 11.2. The van der Waals surface area contributed by atoms with Gasteiger partial charge in [-0.1, -0.05) is 36.4 Å². The van der Waals surface area contributed by atoms with Gasteiger partial charge in [0.25, 0.3) is 0 Å². The number of imidazole rings is 1. The number of hydrogen-bond donors (Lipinski definition) is 1. The average molecular weight is 660 g/mol. The lowest BCUT2D eigenvalue weighted by Gasteiger charge is -2.17. The Bertz CT molecular complexity index is 2140. The van der Waals surface area contributed by atoms with E-state index in [1.807, 2.05) is 58.5 Å². The summed E-state index contributed by atoms with van der Waals surface area (Å²) in [4.78, 5) is 38.8. The summed E-state index contributed by atoms with van der Waals surface area (Å²) in [5.74, 6) is -0.906. The highest BCUT2D eigenvalue weighted by molar-refractivity contribution is 7.09. The number of nitriles is 1. The van der Waals surface area contributed by atoms with Crippen molar-refractivity contribution in [3.8, 4) is 17.3 Å². The number of benzene rings is 3. The first-order valence-corrected chi connectivity index (χ1v) is 16.1. The zero-order chi connectivity index (χ0) is 33.6. The topological polar surface area (TPSA) is 131 Å². The molecule has 0 aliphatic rings. The van der Waals surface area contributed by atoms with Crippen LogP contribution in [-0.2, 0) is 41.8 Å². The number of ketones is 1. The van der Waals surface area contributed by atoms with E-state index in [4.69, 9.17) is 20.0 Å². The number of halogens is 1. The van der Waals surface area contributed by atoms with Crippen LogP contribution in [0.2, 0.25) is 0 Å². The highest BCUT2D eigenvalue weighted by Gasteiger charge is 2.23. The van der Waals surface area contributed by atoms with Gasteiger partial charge in [-0.15, -0.1) is 11.3 Å². The van der Waals surface area contributed by atoms with Crippen molar-refractivity contribution in [2.24, 2.45) is 0 Å². The smallest absolute Gasteiger partial charge is 0.335 e. The minimum Gasteiger partial charge on any atom is -0.478 e. The number of nitrogens with zero attached hydrogens (tertiary/aromatic N) is 5. The van der Waals surface area contributed by atoms with E-state index in [9.17, 15) is 19.1 Å². The first kappa shape index (κ1) is 32.4. The molecule has 0 amide bonds. The Kier molecular flexibility index (Phi) is 9.75. The summed E-state index contributed by atoms with van der Waals surface area (Å²) in [5, 5.41) is 21.1. The molecule has 0 unspecified atom stereocenters. The predicted molar refractivity (Wildman–Crippen MR) is 179 cm³/mol. The molecule has 0 radical (unpaired) electrons. The number of methoxy groups -OCH3 is 1. The van der Waals surface area contributed by atoms with Gasteiger partial charge in [0.15, 0.2) is 5.78 Å². The van der Waals surface area contributed by atoms with E-state index < -0.39 is 17.9 Å². The number of hydrogen-bond acceptors (Lipinski definition) is 8. The maximum Gasteiger partial charge on any atom is 0.335 e. The van der Waals surface area contributed by atoms with Gasteiger partial charge in [-0.05, 0) is 66.4 Å². The molecule has 1 atom stereocenters. The minimum atomic E-state index is -1.05. The summed E-state index contributed by atoms with van der Waals surface area (Å²) in [6, 6.07) is 24.9. The van der Waals surface area contributed by atoms with Crippen molar-refractivity contribution in [1.29, 1.82) is 5.26 Å². The lowest BCUT2D eigenvalue weighted by Crippen LogP contribution is -2.30. The van der Waals surface area contributed by atoms with E-state index in [2.05, 4.69) is 4.98 Å². The van der Waals surface area contributed by atoms with Crippen LogP contribution in [0.1, 0.15) is 43.6 Å². The molecule has 0 saturated carbocycles. The molecule has 9 nitrogen and oxygen atoms in total. The van der Waals surface area contributed by atoms with Crippen molar-refractivity contribution in [2.45, 2.75) is 38.3 Å². The van der Waals surface area contributed by atoms with Crippen molar-refractivity contribution in [2.75, 3.05) is 7.11 Å². The number of aromatic nitrogens is 4. The molecule has 3 aromatic heterocycles. The molecule has 48 heavy (non-hydrogen) atoms. The lowest BCUT2D eigenvalue weighted by molar-refractivity contribution is -0.128. The Balaban J connectivity index is 1.22. The monoisotopic (exact) mass is 659 g/mol. The third-order valence-corrected chi connectivity index (χ3v) is 8.91. The molecule has 6 aromatic rings. The molecule has 0 saturated heterocycles. The summed E-state index contributed by atoms with van der Waals surface area (Å²) in [7, 11) is 1.49. The molecular formula is C37H30FN5O4S. The fourth-order valence-electron chi connectivity index (χ4n) is 5.56. The van der Waals surface area contributed by atoms with Gasteiger partial charge in [0, 0.05) is 36.4 Å². The maximum atomic E-state index is 14.4. The molecule has 0 fully saturated rings. The SMILES string of the molecule is CO[C@H](Cn1c(Cc2ccc(-c3cccc(CCc4ccc(C#N)cc4F)n3)cc2)nc2ccc(C(=O)O)cc21)C(=O)Cc1nccs1. The zero-order valence-corrected chi connectivity index (χ0v) is 26.8. The van der Waals surface area contributed by atoms with Crippen molar-refractivity contribution < 1.29 is 23.8 Å². The van der Waals surface area contributed by atoms with Gasteiger partial charge in [-0.2, -0.15) is 5.26 Å². The Labute approximate surface area is 279 Å². The fraction of sp³-hybridized carbons (Fsp3) is 0.189. The van der Waals surface area contributed by atoms with Gasteiger partial charge in [-0.25, -0.2) is 19.2 Å². The Morgan fingerprint density at radius 3 is 2.58 bits per heavy atom. The van der Waals surface area contributed by atoms with Crippen LogP contribution in [0.3, 0.4) is 0 Å². The van der Waals surface area contributed by atoms with Crippen molar-refractivity contribution >= 4 is 34.1 Å². The highest BCUT2D eigenvalue weighted by atomic mass is 32.1. The molecule has 11 heteroatoms. The number of aryl methyl sites for hydroxylation is 2. The molecule has 0 aliphatic heterocycles. The largest absolute Gasteiger partial charge is 0.478 e. The van der Waals surface area contributed by atoms with E-state index in [0.29, 0.717) is 52.3 Å². The molecule has 0 aliphatic carbocycles. The number of carboxylic acids is 1. The Morgan fingerprint density at radius 2 is 1.88 bits per heavy atom. The average Bonchev–Trinajstić information content (AvgIpc) is 3.73. The number of ether oxygens (including phenoxy) is 1. The van der Waals surface area contributed by atoms with E-state index in [0.717, 1.165) is 22.5 Å². The van der Waals surface area contributed by atoms with Gasteiger partial charge in [0.05, 0.1) is 51.9 Å². The summed E-state index contributed by atoms with van der Waals surface area (Å²) in [6.45, 7) is 0.163. The molecule has 3 aromatic carbocycles. The van der Waals surface area contributed by atoms with E-state index in [-0.39, 0.29) is 24.3 Å². The van der Waals surface area contributed by atoms with Crippen molar-refractivity contribution in [1.82, 2.24) is 19.5 Å². The van der Waals surface area contributed by atoms with Crippen molar-refractivity contribution in [3.05, 3.63) is 135 Å². The molecular weight excluding hydrogens is 630 g/mol. The normalized spacial score (nSPS) is 11.8. The van der Waals surface area contributed by atoms with Gasteiger partial charge in [0.2, 0.25) is 0 Å². The third kappa shape index (κ3) is 7.36. The lowest BCUT2D eigenvalue weighted by atomic mass is 10.0. The van der Waals surface area contributed by atoms with Crippen LogP contribution >= 0.6 is 11.3 Å². The van der Waals surface area contributed by atoms with Gasteiger partial charge in [0.1, 0.15) is 17.7 Å². The number of Topliss-reactive ketones (excluding diaryl/α,β-unsaturated/α-hetero) is 1. The van der Waals surface area contributed by atoms with Crippen LogP contribution < -0.4 is 0 Å². The first-order valence-electron chi connectivity index (χ1n) is 15.2. The number of carbonyl (C=O) groups excluding carboxylic acids is 1. The third-order valence-electron chi connectivity index (χ3n) is 8.13. The Hall–Kier alpha value is -5.57. The summed E-state index contributed by atoms with van der Waals surface area (Å²) < 4.78 is 21.9. The number of carbonyl (C=O) groups is 2. The van der Waals surface area contributed by atoms with Crippen LogP contribution in [-0.4, -0.2) is 49.6 Å². The van der Waals surface area contributed by atoms with Crippen LogP contribution in [0.25, 0.3) is 22.3 Å². The summed E-state index contributed by atoms with van der Waals surface area (Å²) in [6.07, 6.45) is 2.45. The Morgan fingerprint density at radius 1 is 1.04 bits per heavy atom. The molecule has 1 N–H and O–H groups in total. The number of aromatic carboxylic acids is 1. The van der Waals surface area contributed by atoms with Gasteiger partial charge >= 0.3 is 5.97 Å². The summed E-state index contributed by atoms with van der Waals surface area (Å²) in [5.41, 5.74) is 5.67. The van der Waals surface area contributed by atoms with Gasteiger partial charge < -0.3 is 14.4 Å². The molecule has 0 spiro atoms. The van der Waals surface area contributed by atoms with Gasteiger partial charge in [-0.3, -0.25) is 9.78 Å².